The molecule has 0 aliphatic carbocycles. The summed E-state index contributed by atoms with van der Waals surface area (Å²) in [6.45, 7) is 2.09. The highest BCUT2D eigenvalue weighted by atomic mass is 35.5. The number of ether oxygens (including phenoxy) is 2. The zero-order valence-electron chi connectivity index (χ0n) is 17.4. The molecule has 0 saturated carbocycles. The maximum absolute atomic E-state index is 12.8. The van der Waals surface area contributed by atoms with Gasteiger partial charge in [0.15, 0.2) is 6.61 Å². The van der Waals surface area contributed by atoms with Gasteiger partial charge in [-0.1, -0.05) is 17.7 Å². The van der Waals surface area contributed by atoms with Crippen LogP contribution in [0.3, 0.4) is 0 Å². The third-order valence-electron chi connectivity index (χ3n) is 4.81. The zero-order valence-corrected chi connectivity index (χ0v) is 19.0. The molecule has 1 amide bonds. The molecule has 0 bridgehead atoms. The fourth-order valence-electron chi connectivity index (χ4n) is 3.01. The third kappa shape index (κ3) is 5.85. The van der Waals surface area contributed by atoms with Gasteiger partial charge in [0.05, 0.1) is 33.6 Å². The number of rotatable bonds is 7. The summed E-state index contributed by atoms with van der Waals surface area (Å²) in [6, 6.07) is 7.57. The normalized spacial score (nSPS) is 14.5. The molecule has 1 saturated heterocycles. The molecule has 3 rings (SSSR count). The molecule has 1 heterocycles. The average molecular weight is 498 g/mol. The SMILES string of the molecule is Cc1ccc(S(=O)(=O)N2CCOCC2)cc1NC(=O)COC(=O)c1ccc([N+](=O)[O-])cc1Cl. The summed E-state index contributed by atoms with van der Waals surface area (Å²) >= 11 is 5.88. The minimum Gasteiger partial charge on any atom is -0.452 e. The van der Waals surface area contributed by atoms with Gasteiger partial charge in [-0.2, -0.15) is 4.31 Å². The van der Waals surface area contributed by atoms with E-state index in [-0.39, 0.29) is 39.9 Å². The van der Waals surface area contributed by atoms with Crippen molar-refractivity contribution in [1.82, 2.24) is 4.31 Å². The van der Waals surface area contributed by atoms with Crippen molar-refractivity contribution in [3.8, 4) is 0 Å². The quantitative estimate of drug-likeness (QED) is 0.348. The van der Waals surface area contributed by atoms with Gasteiger partial charge >= 0.3 is 5.97 Å². The predicted molar refractivity (Wildman–Crippen MR) is 118 cm³/mol. The van der Waals surface area contributed by atoms with E-state index in [1.807, 2.05) is 0 Å². The first-order valence-electron chi connectivity index (χ1n) is 9.69. The molecule has 0 radical (unpaired) electrons. The van der Waals surface area contributed by atoms with E-state index in [9.17, 15) is 28.1 Å². The van der Waals surface area contributed by atoms with Crippen LogP contribution in [0.1, 0.15) is 15.9 Å². The van der Waals surface area contributed by atoms with E-state index in [2.05, 4.69) is 5.32 Å². The maximum atomic E-state index is 12.8. The average Bonchev–Trinajstić information content (AvgIpc) is 2.79. The Morgan fingerprint density at radius 2 is 1.91 bits per heavy atom. The second-order valence-electron chi connectivity index (χ2n) is 7.04. The number of benzene rings is 2. The molecular weight excluding hydrogens is 478 g/mol. The number of sulfonamides is 1. The molecule has 0 unspecified atom stereocenters. The first kappa shape index (κ1) is 24.6. The highest BCUT2D eigenvalue weighted by Gasteiger charge is 2.27. The van der Waals surface area contributed by atoms with E-state index in [0.717, 1.165) is 18.2 Å². The number of carbonyl (C=O) groups is 2. The molecule has 1 fully saturated rings. The third-order valence-corrected chi connectivity index (χ3v) is 7.02. The van der Waals surface area contributed by atoms with E-state index in [4.69, 9.17) is 21.1 Å². The van der Waals surface area contributed by atoms with Crippen molar-refractivity contribution in [2.24, 2.45) is 0 Å². The van der Waals surface area contributed by atoms with Gasteiger partial charge in [-0.05, 0) is 30.7 Å². The lowest BCUT2D eigenvalue weighted by atomic mass is 10.2. The van der Waals surface area contributed by atoms with Crippen molar-refractivity contribution in [2.75, 3.05) is 38.2 Å². The molecule has 0 atom stereocenters. The van der Waals surface area contributed by atoms with Crippen LogP contribution in [0.5, 0.6) is 0 Å². The number of hydrogen-bond acceptors (Lipinski definition) is 8. The molecule has 0 aromatic heterocycles. The van der Waals surface area contributed by atoms with Gasteiger partial charge in [-0.15, -0.1) is 0 Å². The van der Waals surface area contributed by atoms with Gasteiger partial charge in [0.25, 0.3) is 11.6 Å². The van der Waals surface area contributed by atoms with Crippen molar-refractivity contribution in [3.63, 3.8) is 0 Å². The van der Waals surface area contributed by atoms with Crippen molar-refractivity contribution >= 4 is 44.9 Å². The Hall–Kier alpha value is -3.06. The molecule has 33 heavy (non-hydrogen) atoms. The highest BCUT2D eigenvalue weighted by Crippen LogP contribution is 2.25. The molecule has 1 aliphatic rings. The lowest BCUT2D eigenvalue weighted by molar-refractivity contribution is -0.384. The maximum Gasteiger partial charge on any atom is 0.340 e. The minimum atomic E-state index is -3.76. The Balaban J connectivity index is 1.66. The Morgan fingerprint density at radius 3 is 2.55 bits per heavy atom. The van der Waals surface area contributed by atoms with Crippen LogP contribution in [-0.2, 0) is 24.3 Å². The van der Waals surface area contributed by atoms with Gasteiger partial charge in [0.1, 0.15) is 0 Å². The van der Waals surface area contributed by atoms with Crippen LogP contribution in [0.15, 0.2) is 41.3 Å². The molecule has 176 valence electrons. The Kier molecular flexibility index (Phi) is 7.64. The number of amides is 1. The van der Waals surface area contributed by atoms with Gasteiger partial charge in [-0.3, -0.25) is 14.9 Å². The number of aryl methyl sites for hydroxylation is 1. The summed E-state index contributed by atoms with van der Waals surface area (Å²) in [4.78, 5) is 34.6. The molecule has 13 heteroatoms. The number of carbonyl (C=O) groups excluding carboxylic acids is 2. The van der Waals surface area contributed by atoms with Gasteiger partial charge in [0.2, 0.25) is 10.0 Å². The summed E-state index contributed by atoms with van der Waals surface area (Å²) in [5.41, 5.74) is 0.425. The van der Waals surface area contributed by atoms with Gasteiger partial charge in [0, 0.05) is 30.9 Å². The molecule has 0 spiro atoms. The largest absolute Gasteiger partial charge is 0.452 e. The van der Waals surface area contributed by atoms with Crippen LogP contribution in [0, 0.1) is 17.0 Å². The predicted octanol–water partition coefficient (Wildman–Crippen LogP) is 2.37. The number of anilines is 1. The minimum absolute atomic E-state index is 0.0138. The number of halogens is 1. The number of nitrogens with zero attached hydrogens (tertiary/aromatic N) is 2. The molecular formula is C20H20ClN3O8S. The van der Waals surface area contributed by atoms with Crippen LogP contribution in [0.2, 0.25) is 5.02 Å². The first-order chi connectivity index (χ1) is 15.6. The van der Waals surface area contributed by atoms with Crippen LogP contribution >= 0.6 is 11.6 Å². The molecule has 1 N–H and O–H groups in total. The summed E-state index contributed by atoms with van der Waals surface area (Å²) in [5.74, 6) is -1.64. The van der Waals surface area contributed by atoms with Gasteiger partial charge in [-0.25, -0.2) is 13.2 Å². The van der Waals surface area contributed by atoms with Gasteiger partial charge < -0.3 is 14.8 Å². The number of nitro groups is 1. The highest BCUT2D eigenvalue weighted by molar-refractivity contribution is 7.89. The number of nitrogens with one attached hydrogen (secondary N) is 1. The summed E-state index contributed by atoms with van der Waals surface area (Å²) in [5, 5.41) is 13.1. The summed E-state index contributed by atoms with van der Waals surface area (Å²) < 4.78 is 37.1. The van der Waals surface area contributed by atoms with E-state index in [1.165, 1.54) is 16.4 Å². The van der Waals surface area contributed by atoms with Crippen LogP contribution in [0.4, 0.5) is 11.4 Å². The summed E-state index contributed by atoms with van der Waals surface area (Å²) in [6.07, 6.45) is 0. The van der Waals surface area contributed by atoms with Crippen molar-refractivity contribution in [2.45, 2.75) is 11.8 Å². The molecule has 2 aromatic carbocycles. The second-order valence-corrected chi connectivity index (χ2v) is 9.38. The first-order valence-corrected chi connectivity index (χ1v) is 11.5. The molecule has 2 aromatic rings. The van der Waals surface area contributed by atoms with Crippen LogP contribution in [0.25, 0.3) is 0 Å². The number of hydrogen-bond donors (Lipinski definition) is 1. The van der Waals surface area contributed by atoms with E-state index in [1.54, 1.807) is 13.0 Å². The number of non-ortho nitro benzene ring substituents is 1. The van der Waals surface area contributed by atoms with Crippen LogP contribution < -0.4 is 5.32 Å². The Bertz CT molecular complexity index is 1200. The fourth-order valence-corrected chi connectivity index (χ4v) is 4.70. The Labute approximate surface area is 194 Å². The fraction of sp³-hybridized carbons (Fsp3) is 0.300. The van der Waals surface area contributed by atoms with E-state index in [0.29, 0.717) is 18.8 Å². The number of morpholine rings is 1. The topological polar surface area (TPSA) is 145 Å². The van der Waals surface area contributed by atoms with Crippen molar-refractivity contribution in [1.29, 1.82) is 0 Å². The van der Waals surface area contributed by atoms with E-state index < -0.39 is 33.4 Å². The van der Waals surface area contributed by atoms with E-state index >= 15 is 0 Å². The molecule has 11 nitrogen and oxygen atoms in total. The number of esters is 1. The Morgan fingerprint density at radius 1 is 1.21 bits per heavy atom. The monoisotopic (exact) mass is 497 g/mol. The van der Waals surface area contributed by atoms with Crippen LogP contribution in [-0.4, -0.2) is 62.4 Å². The molecule has 1 aliphatic heterocycles. The zero-order chi connectivity index (χ0) is 24.2. The summed E-state index contributed by atoms with van der Waals surface area (Å²) in [7, 11) is -3.76. The standard InChI is InChI=1S/C20H20ClN3O8S/c1-13-2-4-15(33(29,30)23-6-8-31-9-7-23)11-18(13)22-19(25)12-32-20(26)16-5-3-14(24(27)28)10-17(16)21/h2-5,10-11H,6-9,12H2,1H3,(H,22,25). The van der Waals surface area contributed by atoms with Crippen molar-refractivity contribution < 1.29 is 32.4 Å². The number of nitro benzene ring substituents is 1. The second kappa shape index (κ2) is 10.3. The smallest absolute Gasteiger partial charge is 0.340 e. The van der Waals surface area contributed by atoms with Crippen molar-refractivity contribution in [3.05, 3.63) is 62.7 Å². The lowest BCUT2D eigenvalue weighted by Crippen LogP contribution is -2.40. The lowest BCUT2D eigenvalue weighted by Gasteiger charge is -2.26.